The minimum atomic E-state index is -4.47. The van der Waals surface area contributed by atoms with Gasteiger partial charge in [0, 0.05) is 5.69 Å². The summed E-state index contributed by atoms with van der Waals surface area (Å²) >= 11 is 6.00. The highest BCUT2D eigenvalue weighted by atomic mass is 35.5. The van der Waals surface area contributed by atoms with E-state index in [-0.39, 0.29) is 28.8 Å². The van der Waals surface area contributed by atoms with Crippen molar-refractivity contribution < 1.29 is 37.0 Å². The highest BCUT2D eigenvalue weighted by Crippen LogP contribution is 2.40. The third-order valence-electron chi connectivity index (χ3n) is 3.80. The van der Waals surface area contributed by atoms with Crippen molar-refractivity contribution in [1.29, 1.82) is 0 Å². The summed E-state index contributed by atoms with van der Waals surface area (Å²) in [6, 6.07) is 6.57. The molecular weight excluding hydrogens is 403 g/mol. The Morgan fingerprint density at radius 2 is 1.86 bits per heavy atom. The number of anilines is 1. The summed E-state index contributed by atoms with van der Waals surface area (Å²) in [5.74, 6) is -0.942. The van der Waals surface area contributed by atoms with Gasteiger partial charge in [-0.1, -0.05) is 11.6 Å². The molecule has 1 atom stereocenters. The molecule has 28 heavy (non-hydrogen) atoms. The fourth-order valence-electron chi connectivity index (χ4n) is 2.35. The highest BCUT2D eigenvalue weighted by molar-refractivity contribution is 6.32. The van der Waals surface area contributed by atoms with Gasteiger partial charge in [0.05, 0.1) is 16.1 Å². The van der Waals surface area contributed by atoms with Crippen molar-refractivity contribution >= 4 is 29.2 Å². The molecule has 1 unspecified atom stereocenters. The van der Waals surface area contributed by atoms with Gasteiger partial charge in [-0.15, -0.1) is 0 Å². The normalized spacial score (nSPS) is 13.8. The number of ether oxygens (including phenoxy) is 3. The third-order valence-corrected chi connectivity index (χ3v) is 4.08. The molecule has 148 valence electrons. The topological polar surface area (TPSA) is 73.9 Å². The molecule has 0 saturated heterocycles. The number of hydrogen-bond donors (Lipinski definition) is 1. The maximum Gasteiger partial charge on any atom is 0.416 e. The minimum Gasteiger partial charge on any atom is -0.454 e. The van der Waals surface area contributed by atoms with Crippen LogP contribution in [0.5, 0.6) is 11.5 Å². The third kappa shape index (κ3) is 4.30. The van der Waals surface area contributed by atoms with Gasteiger partial charge in [-0.2, -0.15) is 13.2 Å². The van der Waals surface area contributed by atoms with Gasteiger partial charge in [0.2, 0.25) is 6.79 Å². The van der Waals surface area contributed by atoms with Gasteiger partial charge < -0.3 is 19.5 Å². The largest absolute Gasteiger partial charge is 0.454 e. The first kappa shape index (κ1) is 19.8. The van der Waals surface area contributed by atoms with Gasteiger partial charge in [0.15, 0.2) is 17.6 Å². The first-order chi connectivity index (χ1) is 13.1. The van der Waals surface area contributed by atoms with Gasteiger partial charge in [0.1, 0.15) is 0 Å². The predicted octanol–water partition coefficient (Wildman–Crippen LogP) is 4.27. The molecule has 10 heteroatoms. The number of amides is 1. The average Bonchev–Trinajstić information content (AvgIpc) is 3.10. The Hall–Kier alpha value is -2.94. The van der Waals surface area contributed by atoms with Crippen molar-refractivity contribution in [2.75, 3.05) is 12.1 Å². The van der Waals surface area contributed by atoms with Crippen LogP contribution >= 0.6 is 11.6 Å². The molecule has 0 aliphatic carbocycles. The van der Waals surface area contributed by atoms with Crippen LogP contribution < -0.4 is 14.8 Å². The zero-order valence-corrected chi connectivity index (χ0v) is 15.1. The lowest BCUT2D eigenvalue weighted by Gasteiger charge is -2.14. The van der Waals surface area contributed by atoms with Crippen molar-refractivity contribution in [2.24, 2.45) is 0 Å². The predicted molar refractivity (Wildman–Crippen MR) is 92.5 cm³/mol. The zero-order chi connectivity index (χ0) is 20.5. The van der Waals surface area contributed by atoms with Crippen LogP contribution in [0, 0.1) is 0 Å². The SMILES string of the molecule is CC(OC(=O)c1cc(Cl)c2c(c1)OCO2)C(=O)Nc1ccc(C(F)(F)F)cc1. The fraction of sp³-hybridized carbons (Fsp3) is 0.222. The number of benzene rings is 2. The number of halogens is 4. The van der Waals surface area contributed by atoms with E-state index in [2.05, 4.69) is 5.32 Å². The van der Waals surface area contributed by atoms with Crippen molar-refractivity contribution in [2.45, 2.75) is 19.2 Å². The van der Waals surface area contributed by atoms with E-state index in [1.54, 1.807) is 0 Å². The second-order valence-corrected chi connectivity index (χ2v) is 6.21. The van der Waals surface area contributed by atoms with Crippen LogP contribution in [-0.2, 0) is 15.7 Å². The van der Waals surface area contributed by atoms with Crippen LogP contribution in [0.4, 0.5) is 18.9 Å². The van der Waals surface area contributed by atoms with E-state index >= 15 is 0 Å². The molecule has 2 aromatic carbocycles. The molecule has 3 rings (SSSR count). The van der Waals surface area contributed by atoms with Crippen LogP contribution in [0.1, 0.15) is 22.8 Å². The Bertz CT molecular complexity index is 915. The summed E-state index contributed by atoms with van der Waals surface area (Å²) < 4.78 is 53.0. The molecule has 1 aliphatic heterocycles. The van der Waals surface area contributed by atoms with E-state index in [0.717, 1.165) is 24.3 Å². The van der Waals surface area contributed by atoms with Crippen LogP contribution in [0.15, 0.2) is 36.4 Å². The Morgan fingerprint density at radius 1 is 1.18 bits per heavy atom. The molecule has 0 saturated carbocycles. The number of rotatable bonds is 4. The Kier molecular flexibility index (Phi) is 5.37. The van der Waals surface area contributed by atoms with Crippen LogP contribution in [-0.4, -0.2) is 24.8 Å². The van der Waals surface area contributed by atoms with Crippen LogP contribution in [0.3, 0.4) is 0 Å². The second-order valence-electron chi connectivity index (χ2n) is 5.80. The van der Waals surface area contributed by atoms with Crippen molar-refractivity contribution in [1.82, 2.24) is 0 Å². The molecule has 1 heterocycles. The summed E-state index contributed by atoms with van der Waals surface area (Å²) in [6.07, 6.45) is -5.68. The molecule has 1 N–H and O–H groups in total. The quantitative estimate of drug-likeness (QED) is 0.755. The average molecular weight is 416 g/mol. The van der Waals surface area contributed by atoms with Gasteiger partial charge in [0.25, 0.3) is 5.91 Å². The standard InChI is InChI=1S/C18H13ClF3NO5/c1-9(16(24)23-12-4-2-11(3-5-12)18(20,21)22)28-17(25)10-6-13(19)15-14(7-10)26-8-27-15/h2-7,9H,8H2,1H3,(H,23,24). The number of esters is 1. The molecule has 0 spiro atoms. The summed E-state index contributed by atoms with van der Waals surface area (Å²) in [5, 5.41) is 2.53. The van der Waals surface area contributed by atoms with E-state index in [4.69, 9.17) is 25.8 Å². The maximum absolute atomic E-state index is 12.6. The Balaban J connectivity index is 1.62. The summed E-state index contributed by atoms with van der Waals surface area (Å²) in [6.45, 7) is 1.30. The Morgan fingerprint density at radius 3 is 2.50 bits per heavy atom. The van der Waals surface area contributed by atoms with Crippen molar-refractivity contribution in [3.8, 4) is 11.5 Å². The highest BCUT2D eigenvalue weighted by Gasteiger charge is 2.30. The lowest BCUT2D eigenvalue weighted by Crippen LogP contribution is -2.30. The van der Waals surface area contributed by atoms with E-state index < -0.39 is 29.7 Å². The monoisotopic (exact) mass is 415 g/mol. The molecule has 1 aliphatic rings. The van der Waals surface area contributed by atoms with Crippen molar-refractivity contribution in [3.05, 3.63) is 52.5 Å². The lowest BCUT2D eigenvalue weighted by molar-refractivity contribution is -0.137. The summed E-state index contributed by atoms with van der Waals surface area (Å²) in [7, 11) is 0. The zero-order valence-electron chi connectivity index (χ0n) is 14.3. The first-order valence-corrected chi connectivity index (χ1v) is 8.31. The van der Waals surface area contributed by atoms with E-state index in [9.17, 15) is 22.8 Å². The molecule has 0 bridgehead atoms. The number of alkyl halides is 3. The number of carbonyl (C=O) groups is 2. The second kappa shape index (κ2) is 7.59. The maximum atomic E-state index is 12.6. The van der Waals surface area contributed by atoms with Crippen LogP contribution in [0.25, 0.3) is 0 Å². The van der Waals surface area contributed by atoms with Crippen LogP contribution in [0.2, 0.25) is 5.02 Å². The lowest BCUT2D eigenvalue weighted by atomic mass is 10.2. The number of nitrogens with one attached hydrogen (secondary N) is 1. The molecule has 0 aromatic heterocycles. The molecular formula is C18H13ClF3NO5. The fourth-order valence-corrected chi connectivity index (χ4v) is 2.62. The molecule has 2 aromatic rings. The molecule has 0 radical (unpaired) electrons. The van der Waals surface area contributed by atoms with Gasteiger partial charge in [-0.05, 0) is 43.3 Å². The van der Waals surface area contributed by atoms with E-state index in [1.807, 2.05) is 0 Å². The number of carbonyl (C=O) groups excluding carboxylic acids is 2. The summed E-state index contributed by atoms with van der Waals surface area (Å²) in [4.78, 5) is 24.4. The smallest absolute Gasteiger partial charge is 0.416 e. The van der Waals surface area contributed by atoms with Gasteiger partial charge >= 0.3 is 12.1 Å². The molecule has 6 nitrogen and oxygen atoms in total. The number of hydrogen-bond acceptors (Lipinski definition) is 5. The molecule has 0 fully saturated rings. The number of fused-ring (bicyclic) bond motifs is 1. The van der Waals surface area contributed by atoms with E-state index in [0.29, 0.717) is 5.75 Å². The van der Waals surface area contributed by atoms with E-state index in [1.165, 1.54) is 19.1 Å². The minimum absolute atomic E-state index is 0.0283. The molecule has 1 amide bonds. The van der Waals surface area contributed by atoms with Gasteiger partial charge in [-0.3, -0.25) is 4.79 Å². The summed E-state index contributed by atoms with van der Waals surface area (Å²) in [5.41, 5.74) is -0.653. The van der Waals surface area contributed by atoms with Crippen molar-refractivity contribution in [3.63, 3.8) is 0 Å². The van der Waals surface area contributed by atoms with Gasteiger partial charge in [-0.25, -0.2) is 4.79 Å². The first-order valence-electron chi connectivity index (χ1n) is 7.93. The Labute approximate surface area is 162 Å².